The molecule has 2 rings (SSSR count). The van der Waals surface area contributed by atoms with E-state index in [0.717, 1.165) is 37.2 Å². The molecule has 2 unspecified atom stereocenters. The van der Waals surface area contributed by atoms with Gasteiger partial charge in [0.05, 0.1) is 6.61 Å². The van der Waals surface area contributed by atoms with Crippen molar-refractivity contribution in [2.75, 3.05) is 18.9 Å². The minimum Gasteiger partial charge on any atom is -0.383 e. The van der Waals surface area contributed by atoms with Gasteiger partial charge < -0.3 is 16.2 Å². The summed E-state index contributed by atoms with van der Waals surface area (Å²) in [7, 11) is 0. The standard InChI is InChI=1S/C12H19N3O/c1-8-4-5-15-12(14)10(8)11(13)9-3-2-6-16-7-9/h4-5,9,11H,2-3,6-7,13H2,1H3,(H2,14,15). The van der Waals surface area contributed by atoms with Crippen LogP contribution in [0.15, 0.2) is 12.3 Å². The molecule has 1 aromatic rings. The Labute approximate surface area is 96.0 Å². The molecule has 0 radical (unpaired) electrons. The average molecular weight is 221 g/mol. The number of rotatable bonds is 2. The molecule has 4 heteroatoms. The second-order valence-corrected chi connectivity index (χ2v) is 4.43. The van der Waals surface area contributed by atoms with Crippen molar-refractivity contribution in [2.24, 2.45) is 11.7 Å². The minimum absolute atomic E-state index is 0.0611. The highest BCUT2D eigenvalue weighted by Gasteiger charge is 2.25. The van der Waals surface area contributed by atoms with E-state index in [4.69, 9.17) is 16.2 Å². The molecule has 2 atom stereocenters. The van der Waals surface area contributed by atoms with E-state index in [2.05, 4.69) is 4.98 Å². The van der Waals surface area contributed by atoms with Crippen LogP contribution in [0.3, 0.4) is 0 Å². The maximum atomic E-state index is 6.27. The maximum Gasteiger partial charge on any atom is 0.128 e. The summed E-state index contributed by atoms with van der Waals surface area (Å²) in [5.41, 5.74) is 14.3. The molecule has 0 aliphatic carbocycles. The summed E-state index contributed by atoms with van der Waals surface area (Å²) in [6.45, 7) is 3.61. The van der Waals surface area contributed by atoms with Gasteiger partial charge in [-0.3, -0.25) is 0 Å². The molecule has 0 bridgehead atoms. The van der Waals surface area contributed by atoms with Crippen LogP contribution in [0.5, 0.6) is 0 Å². The van der Waals surface area contributed by atoms with Crippen LogP contribution in [0.25, 0.3) is 0 Å². The number of hydrogen-bond acceptors (Lipinski definition) is 4. The van der Waals surface area contributed by atoms with E-state index in [1.54, 1.807) is 6.20 Å². The van der Waals surface area contributed by atoms with Gasteiger partial charge in [0.25, 0.3) is 0 Å². The fraction of sp³-hybridized carbons (Fsp3) is 0.583. The van der Waals surface area contributed by atoms with Crippen molar-refractivity contribution in [1.29, 1.82) is 0 Å². The molecular formula is C12H19N3O. The fourth-order valence-corrected chi connectivity index (χ4v) is 2.31. The largest absolute Gasteiger partial charge is 0.383 e. The number of hydrogen-bond donors (Lipinski definition) is 2. The molecule has 4 N–H and O–H groups in total. The molecule has 1 fully saturated rings. The number of aromatic nitrogens is 1. The molecule has 0 aromatic carbocycles. The molecule has 1 aliphatic heterocycles. The molecule has 16 heavy (non-hydrogen) atoms. The summed E-state index contributed by atoms with van der Waals surface area (Å²) < 4.78 is 5.46. The molecule has 1 aromatic heterocycles. The first-order valence-corrected chi connectivity index (χ1v) is 5.74. The molecule has 2 heterocycles. The van der Waals surface area contributed by atoms with E-state index in [0.29, 0.717) is 11.7 Å². The van der Waals surface area contributed by atoms with Gasteiger partial charge in [-0.1, -0.05) is 0 Å². The Morgan fingerprint density at radius 1 is 1.56 bits per heavy atom. The highest BCUT2D eigenvalue weighted by Crippen LogP contribution is 2.30. The number of ether oxygens (including phenoxy) is 1. The van der Waals surface area contributed by atoms with Crippen molar-refractivity contribution in [2.45, 2.75) is 25.8 Å². The summed E-state index contributed by atoms with van der Waals surface area (Å²) in [6, 6.07) is 1.89. The Hall–Kier alpha value is -1.13. The van der Waals surface area contributed by atoms with Crippen molar-refractivity contribution < 1.29 is 4.74 Å². The van der Waals surface area contributed by atoms with Crippen molar-refractivity contribution in [1.82, 2.24) is 4.98 Å². The van der Waals surface area contributed by atoms with Gasteiger partial charge in [-0.15, -0.1) is 0 Å². The molecule has 88 valence electrons. The number of nitrogens with two attached hydrogens (primary N) is 2. The second-order valence-electron chi connectivity index (χ2n) is 4.43. The van der Waals surface area contributed by atoms with E-state index in [1.807, 2.05) is 13.0 Å². The predicted octanol–water partition coefficient (Wildman–Crippen LogP) is 1.40. The number of nitrogen functional groups attached to an aromatic ring is 1. The van der Waals surface area contributed by atoms with Crippen molar-refractivity contribution in [3.63, 3.8) is 0 Å². The Kier molecular flexibility index (Phi) is 3.41. The first kappa shape index (κ1) is 11.4. The first-order valence-electron chi connectivity index (χ1n) is 5.74. The Bertz CT molecular complexity index is 341. The van der Waals surface area contributed by atoms with Gasteiger partial charge in [0.2, 0.25) is 0 Å². The lowest BCUT2D eigenvalue weighted by atomic mass is 9.88. The van der Waals surface area contributed by atoms with Crippen LogP contribution in [0.4, 0.5) is 5.82 Å². The minimum atomic E-state index is -0.0611. The van der Waals surface area contributed by atoms with E-state index in [9.17, 15) is 0 Å². The number of aryl methyl sites for hydroxylation is 1. The van der Waals surface area contributed by atoms with Gasteiger partial charge in [-0.05, 0) is 31.4 Å². The van der Waals surface area contributed by atoms with Crippen LogP contribution < -0.4 is 11.5 Å². The quantitative estimate of drug-likeness (QED) is 0.791. The molecule has 1 saturated heterocycles. The van der Waals surface area contributed by atoms with E-state index < -0.39 is 0 Å². The van der Waals surface area contributed by atoms with Gasteiger partial charge in [0, 0.05) is 30.3 Å². The fourth-order valence-electron chi connectivity index (χ4n) is 2.31. The van der Waals surface area contributed by atoms with Crippen molar-refractivity contribution in [3.8, 4) is 0 Å². The van der Waals surface area contributed by atoms with Crippen molar-refractivity contribution in [3.05, 3.63) is 23.4 Å². The topological polar surface area (TPSA) is 74.2 Å². The lowest BCUT2D eigenvalue weighted by molar-refractivity contribution is 0.0447. The number of anilines is 1. The zero-order valence-electron chi connectivity index (χ0n) is 9.65. The van der Waals surface area contributed by atoms with Gasteiger partial charge in [-0.25, -0.2) is 4.98 Å². The molecule has 0 spiro atoms. The van der Waals surface area contributed by atoms with Gasteiger partial charge in [0.1, 0.15) is 5.82 Å². The third-order valence-corrected chi connectivity index (χ3v) is 3.28. The van der Waals surface area contributed by atoms with Crippen LogP contribution in [0, 0.1) is 12.8 Å². The van der Waals surface area contributed by atoms with Crippen LogP contribution >= 0.6 is 0 Å². The zero-order valence-corrected chi connectivity index (χ0v) is 9.65. The highest BCUT2D eigenvalue weighted by molar-refractivity contribution is 5.46. The summed E-state index contributed by atoms with van der Waals surface area (Å²) in [6.07, 6.45) is 3.91. The second kappa shape index (κ2) is 4.80. The van der Waals surface area contributed by atoms with Crippen molar-refractivity contribution >= 4 is 5.82 Å². The van der Waals surface area contributed by atoms with Crippen LogP contribution in [-0.4, -0.2) is 18.2 Å². The molecule has 0 saturated carbocycles. The molecular weight excluding hydrogens is 202 g/mol. The van der Waals surface area contributed by atoms with Gasteiger partial charge in [-0.2, -0.15) is 0 Å². The average Bonchev–Trinajstić information content (AvgIpc) is 2.30. The molecule has 4 nitrogen and oxygen atoms in total. The van der Waals surface area contributed by atoms with Crippen LogP contribution in [0.1, 0.15) is 30.0 Å². The monoisotopic (exact) mass is 221 g/mol. The van der Waals surface area contributed by atoms with Crippen LogP contribution in [-0.2, 0) is 4.74 Å². The van der Waals surface area contributed by atoms with E-state index in [-0.39, 0.29) is 6.04 Å². The van der Waals surface area contributed by atoms with E-state index >= 15 is 0 Å². The molecule has 0 amide bonds. The summed E-state index contributed by atoms with van der Waals surface area (Å²) in [4.78, 5) is 4.11. The Morgan fingerprint density at radius 2 is 2.38 bits per heavy atom. The number of pyridine rings is 1. The van der Waals surface area contributed by atoms with Crippen LogP contribution in [0.2, 0.25) is 0 Å². The molecule has 1 aliphatic rings. The SMILES string of the molecule is Cc1ccnc(N)c1C(N)C1CCCOC1. The summed E-state index contributed by atoms with van der Waals surface area (Å²) >= 11 is 0. The summed E-state index contributed by atoms with van der Waals surface area (Å²) in [5, 5.41) is 0. The van der Waals surface area contributed by atoms with Gasteiger partial charge in [0.15, 0.2) is 0 Å². The summed E-state index contributed by atoms with van der Waals surface area (Å²) in [5.74, 6) is 0.914. The Balaban J connectivity index is 2.22. The normalized spacial score (nSPS) is 23.0. The third-order valence-electron chi connectivity index (χ3n) is 3.28. The smallest absolute Gasteiger partial charge is 0.128 e. The van der Waals surface area contributed by atoms with Gasteiger partial charge >= 0.3 is 0 Å². The lowest BCUT2D eigenvalue weighted by Gasteiger charge is -2.29. The Morgan fingerprint density at radius 3 is 3.00 bits per heavy atom. The van der Waals surface area contributed by atoms with E-state index in [1.165, 1.54) is 0 Å². The predicted molar refractivity (Wildman–Crippen MR) is 63.9 cm³/mol. The maximum absolute atomic E-state index is 6.27. The third kappa shape index (κ3) is 2.18. The number of nitrogens with zero attached hydrogens (tertiary/aromatic N) is 1. The first-order chi connectivity index (χ1) is 7.70. The highest BCUT2D eigenvalue weighted by atomic mass is 16.5. The zero-order chi connectivity index (χ0) is 11.5. The lowest BCUT2D eigenvalue weighted by Crippen LogP contribution is -2.30.